The Bertz CT molecular complexity index is 995. The lowest BCUT2D eigenvalue weighted by molar-refractivity contribution is -0.129. The van der Waals surface area contributed by atoms with E-state index >= 15 is 0 Å². The molecule has 1 unspecified atom stereocenters. The Morgan fingerprint density at radius 2 is 1.89 bits per heavy atom. The van der Waals surface area contributed by atoms with E-state index in [0.29, 0.717) is 11.4 Å². The zero-order valence-electron chi connectivity index (χ0n) is 15.4. The van der Waals surface area contributed by atoms with Crippen LogP contribution in [-0.2, 0) is 22.6 Å². The number of carbonyl (C=O) groups is 2. The van der Waals surface area contributed by atoms with Gasteiger partial charge in [0, 0.05) is 29.2 Å². The van der Waals surface area contributed by atoms with Gasteiger partial charge in [-0.1, -0.05) is 48.0 Å². The number of aromatic nitrogens is 1. The van der Waals surface area contributed by atoms with Crippen LogP contribution in [0.15, 0.2) is 60.8 Å². The topological polar surface area (TPSA) is 63.1 Å². The molecular formula is C22H22ClN3O2. The van der Waals surface area contributed by atoms with Gasteiger partial charge in [0.05, 0.1) is 0 Å². The first-order valence-corrected chi connectivity index (χ1v) is 9.84. The summed E-state index contributed by atoms with van der Waals surface area (Å²) in [7, 11) is 0. The third-order valence-corrected chi connectivity index (χ3v) is 5.14. The summed E-state index contributed by atoms with van der Waals surface area (Å²) in [5, 5.41) is 7.55. The summed E-state index contributed by atoms with van der Waals surface area (Å²) in [6.45, 7) is 0.131. The Morgan fingerprint density at radius 1 is 1.11 bits per heavy atom. The van der Waals surface area contributed by atoms with E-state index in [1.807, 2.05) is 65.4 Å². The maximum Gasteiger partial charge on any atom is 0.243 e. The van der Waals surface area contributed by atoms with Gasteiger partial charge in [0.1, 0.15) is 12.6 Å². The minimum atomic E-state index is -0.596. The van der Waals surface area contributed by atoms with Gasteiger partial charge in [-0.2, -0.15) is 0 Å². The highest BCUT2D eigenvalue weighted by molar-refractivity contribution is 6.31. The first-order chi connectivity index (χ1) is 13.6. The molecule has 2 N–H and O–H groups in total. The van der Waals surface area contributed by atoms with Crippen LogP contribution in [0.2, 0.25) is 5.02 Å². The number of halogens is 1. The number of benzene rings is 2. The molecule has 0 spiro atoms. The summed E-state index contributed by atoms with van der Waals surface area (Å²) in [5.41, 5.74) is 1.90. The summed E-state index contributed by atoms with van der Waals surface area (Å²) >= 11 is 6.09. The van der Waals surface area contributed by atoms with E-state index in [1.165, 1.54) is 0 Å². The van der Waals surface area contributed by atoms with Gasteiger partial charge >= 0.3 is 0 Å². The van der Waals surface area contributed by atoms with E-state index in [-0.39, 0.29) is 24.4 Å². The number of nitrogens with zero attached hydrogens (tertiary/aromatic N) is 1. The molecule has 2 aromatic carbocycles. The maximum absolute atomic E-state index is 12.7. The number of hydrogen-bond donors (Lipinski definition) is 2. The van der Waals surface area contributed by atoms with Crippen LogP contribution in [0.5, 0.6) is 0 Å². The van der Waals surface area contributed by atoms with Crippen LogP contribution in [0.25, 0.3) is 10.9 Å². The second kappa shape index (κ2) is 8.07. The van der Waals surface area contributed by atoms with Gasteiger partial charge in [-0.25, -0.2) is 0 Å². The fourth-order valence-corrected chi connectivity index (χ4v) is 3.44. The Kier molecular flexibility index (Phi) is 5.35. The molecule has 0 radical (unpaired) electrons. The van der Waals surface area contributed by atoms with Crippen LogP contribution >= 0.6 is 11.6 Å². The molecular weight excluding hydrogens is 374 g/mol. The molecule has 6 heteroatoms. The van der Waals surface area contributed by atoms with Gasteiger partial charge in [-0.3, -0.25) is 9.59 Å². The molecule has 144 valence electrons. The molecule has 1 heterocycles. The second-order valence-corrected chi connectivity index (χ2v) is 7.68. The van der Waals surface area contributed by atoms with Crippen LogP contribution in [0.1, 0.15) is 18.4 Å². The van der Waals surface area contributed by atoms with Crippen molar-refractivity contribution in [1.29, 1.82) is 0 Å². The fourth-order valence-electron chi connectivity index (χ4n) is 3.28. The molecule has 5 nitrogen and oxygen atoms in total. The molecule has 0 saturated heterocycles. The molecule has 2 amide bonds. The molecule has 3 aromatic rings. The summed E-state index contributed by atoms with van der Waals surface area (Å²) in [6.07, 6.45) is 4.34. The van der Waals surface area contributed by atoms with Crippen molar-refractivity contribution in [3.63, 3.8) is 0 Å². The third-order valence-electron chi connectivity index (χ3n) is 4.91. The average Bonchev–Trinajstić information content (AvgIpc) is 3.42. The second-order valence-electron chi connectivity index (χ2n) is 7.24. The molecule has 1 fully saturated rings. The van der Waals surface area contributed by atoms with E-state index in [0.717, 1.165) is 29.3 Å². The van der Waals surface area contributed by atoms with Crippen LogP contribution in [-0.4, -0.2) is 28.5 Å². The van der Waals surface area contributed by atoms with Gasteiger partial charge in [0.25, 0.3) is 0 Å². The number of amides is 2. The molecule has 28 heavy (non-hydrogen) atoms. The van der Waals surface area contributed by atoms with Gasteiger partial charge < -0.3 is 15.2 Å². The highest BCUT2D eigenvalue weighted by Crippen LogP contribution is 2.21. The first-order valence-electron chi connectivity index (χ1n) is 9.46. The van der Waals surface area contributed by atoms with Gasteiger partial charge in [-0.15, -0.1) is 0 Å². The van der Waals surface area contributed by atoms with Crippen molar-refractivity contribution >= 4 is 34.3 Å². The van der Waals surface area contributed by atoms with E-state index in [4.69, 9.17) is 11.6 Å². The Morgan fingerprint density at radius 3 is 2.64 bits per heavy atom. The van der Waals surface area contributed by atoms with Gasteiger partial charge in [0.15, 0.2) is 0 Å². The SMILES string of the molecule is O=C(Cn1ccc2ccc(Cl)cc21)NC(Cc1ccccc1)C(=O)NC1CC1. The average molecular weight is 396 g/mol. The minimum Gasteiger partial charge on any atom is -0.352 e. The third kappa shape index (κ3) is 4.54. The molecule has 0 bridgehead atoms. The fraction of sp³-hybridized carbons (Fsp3) is 0.273. The predicted octanol–water partition coefficient (Wildman–Crippen LogP) is 3.30. The predicted molar refractivity (Wildman–Crippen MR) is 110 cm³/mol. The minimum absolute atomic E-state index is 0.125. The van der Waals surface area contributed by atoms with Crippen molar-refractivity contribution in [2.75, 3.05) is 0 Å². The van der Waals surface area contributed by atoms with Crippen molar-refractivity contribution in [1.82, 2.24) is 15.2 Å². The normalized spacial score (nSPS) is 14.6. The smallest absolute Gasteiger partial charge is 0.243 e. The molecule has 1 saturated carbocycles. The lowest BCUT2D eigenvalue weighted by Crippen LogP contribution is -2.49. The van der Waals surface area contributed by atoms with Crippen LogP contribution in [0, 0.1) is 0 Å². The van der Waals surface area contributed by atoms with Crippen molar-refractivity contribution in [2.24, 2.45) is 0 Å². The molecule has 4 rings (SSSR count). The Hall–Kier alpha value is -2.79. The number of nitrogens with one attached hydrogen (secondary N) is 2. The standard InChI is InChI=1S/C22H22ClN3O2/c23-17-7-6-16-10-11-26(20(16)13-17)14-21(27)25-19(22(28)24-18-8-9-18)12-15-4-2-1-3-5-15/h1-7,10-11,13,18-19H,8-9,12,14H2,(H,24,28)(H,25,27). The number of fused-ring (bicyclic) bond motifs is 1. The maximum atomic E-state index is 12.7. The van der Waals surface area contributed by atoms with Crippen LogP contribution in [0.4, 0.5) is 0 Å². The highest BCUT2D eigenvalue weighted by atomic mass is 35.5. The summed E-state index contributed by atoms with van der Waals surface area (Å²) in [5.74, 6) is -0.329. The van der Waals surface area contributed by atoms with Crippen molar-refractivity contribution in [2.45, 2.75) is 37.9 Å². The van der Waals surface area contributed by atoms with Gasteiger partial charge in [0.2, 0.25) is 11.8 Å². The van der Waals surface area contributed by atoms with Crippen LogP contribution in [0.3, 0.4) is 0 Å². The monoisotopic (exact) mass is 395 g/mol. The number of carbonyl (C=O) groups excluding carboxylic acids is 2. The molecule has 1 aliphatic carbocycles. The lowest BCUT2D eigenvalue weighted by atomic mass is 10.1. The largest absolute Gasteiger partial charge is 0.352 e. The van der Waals surface area contributed by atoms with E-state index in [1.54, 1.807) is 0 Å². The van der Waals surface area contributed by atoms with E-state index in [2.05, 4.69) is 10.6 Å². The van der Waals surface area contributed by atoms with Crippen molar-refractivity contribution in [3.05, 3.63) is 71.4 Å². The van der Waals surface area contributed by atoms with Gasteiger partial charge in [-0.05, 0) is 42.0 Å². The first kappa shape index (κ1) is 18.6. The highest BCUT2D eigenvalue weighted by Gasteiger charge is 2.28. The summed E-state index contributed by atoms with van der Waals surface area (Å²) in [4.78, 5) is 25.3. The number of rotatable bonds is 7. The number of hydrogen-bond acceptors (Lipinski definition) is 2. The Labute approximate surface area is 168 Å². The Balaban J connectivity index is 1.47. The quantitative estimate of drug-likeness (QED) is 0.644. The summed E-state index contributed by atoms with van der Waals surface area (Å²) in [6, 6.07) is 16.9. The molecule has 1 atom stereocenters. The van der Waals surface area contributed by atoms with Crippen LogP contribution < -0.4 is 10.6 Å². The molecule has 1 aliphatic rings. The van der Waals surface area contributed by atoms with E-state index < -0.39 is 6.04 Å². The van der Waals surface area contributed by atoms with Crippen molar-refractivity contribution in [3.8, 4) is 0 Å². The van der Waals surface area contributed by atoms with E-state index in [9.17, 15) is 9.59 Å². The molecule has 1 aromatic heterocycles. The molecule has 0 aliphatic heterocycles. The van der Waals surface area contributed by atoms with Crippen molar-refractivity contribution < 1.29 is 9.59 Å². The zero-order valence-corrected chi connectivity index (χ0v) is 16.2. The zero-order chi connectivity index (χ0) is 19.5. The lowest BCUT2D eigenvalue weighted by Gasteiger charge is -2.19. The summed E-state index contributed by atoms with van der Waals surface area (Å²) < 4.78 is 1.84.